The maximum Gasteiger partial charge on any atom is 0.328 e. The van der Waals surface area contributed by atoms with Crippen LogP contribution in [0, 0.1) is 10.1 Å². The lowest BCUT2D eigenvalue weighted by Crippen LogP contribution is -1.92. The molecule has 8 heteroatoms. The predicted molar refractivity (Wildman–Crippen MR) is 91.7 cm³/mol. The molecule has 0 spiro atoms. The van der Waals surface area contributed by atoms with Crippen molar-refractivity contribution in [2.24, 2.45) is 0 Å². The Bertz CT molecular complexity index is 994. The van der Waals surface area contributed by atoms with Crippen molar-refractivity contribution in [3.8, 4) is 11.3 Å². The summed E-state index contributed by atoms with van der Waals surface area (Å²) in [5.74, 6) is -1.09. The lowest BCUT2D eigenvalue weighted by Gasteiger charge is -2.01. The van der Waals surface area contributed by atoms with Crippen LogP contribution in [0.15, 0.2) is 53.1 Å². The fraction of sp³-hybridized carbons (Fsp3) is 0. The number of benzene rings is 1. The standard InChI is InChI=1S/C16H10BrN3O4/c17-11-4-6-14-18-16(10-2-1-3-12(8-10)20(23)24)13(19(14)9-11)5-7-15(21)22/h1-9H,(H,21,22). The zero-order chi connectivity index (χ0) is 17.3. The van der Waals surface area contributed by atoms with Crippen molar-refractivity contribution in [2.45, 2.75) is 0 Å². The van der Waals surface area contributed by atoms with Gasteiger partial charge in [-0.25, -0.2) is 9.78 Å². The van der Waals surface area contributed by atoms with Gasteiger partial charge in [0.2, 0.25) is 0 Å². The van der Waals surface area contributed by atoms with E-state index in [1.165, 1.54) is 18.2 Å². The van der Waals surface area contributed by atoms with E-state index in [-0.39, 0.29) is 5.69 Å². The van der Waals surface area contributed by atoms with Crippen molar-refractivity contribution in [3.63, 3.8) is 0 Å². The van der Waals surface area contributed by atoms with Crippen LogP contribution in [-0.2, 0) is 4.79 Å². The molecule has 1 N–H and O–H groups in total. The number of hydrogen-bond donors (Lipinski definition) is 1. The average molecular weight is 388 g/mol. The highest BCUT2D eigenvalue weighted by Crippen LogP contribution is 2.29. The first-order chi connectivity index (χ1) is 11.5. The van der Waals surface area contributed by atoms with Gasteiger partial charge < -0.3 is 5.11 Å². The second-order valence-electron chi connectivity index (χ2n) is 4.90. The molecule has 0 atom stereocenters. The molecule has 0 aliphatic heterocycles. The maximum absolute atomic E-state index is 11.0. The van der Waals surface area contributed by atoms with Gasteiger partial charge in [0.05, 0.1) is 16.3 Å². The summed E-state index contributed by atoms with van der Waals surface area (Å²) in [7, 11) is 0. The molecule has 0 radical (unpaired) electrons. The van der Waals surface area contributed by atoms with Crippen LogP contribution in [0.5, 0.6) is 0 Å². The van der Waals surface area contributed by atoms with Gasteiger partial charge in [-0.05, 0) is 34.1 Å². The number of aromatic nitrogens is 2. The molecular formula is C16H10BrN3O4. The Labute approximate surface area is 144 Å². The van der Waals surface area contributed by atoms with Crippen LogP contribution >= 0.6 is 15.9 Å². The van der Waals surface area contributed by atoms with E-state index in [0.717, 1.165) is 10.5 Å². The van der Waals surface area contributed by atoms with Crippen molar-refractivity contribution in [1.29, 1.82) is 0 Å². The molecule has 1 aromatic carbocycles. The van der Waals surface area contributed by atoms with Crippen LogP contribution < -0.4 is 0 Å². The molecule has 3 aromatic rings. The molecule has 0 amide bonds. The van der Waals surface area contributed by atoms with Gasteiger partial charge in [-0.1, -0.05) is 12.1 Å². The molecule has 0 saturated carbocycles. The number of nitro benzene ring substituents is 1. The molecule has 0 aliphatic rings. The fourth-order valence-corrected chi connectivity index (χ4v) is 2.66. The van der Waals surface area contributed by atoms with E-state index in [2.05, 4.69) is 20.9 Å². The third-order valence-corrected chi connectivity index (χ3v) is 3.80. The Balaban J connectivity index is 2.27. The summed E-state index contributed by atoms with van der Waals surface area (Å²) in [5.41, 5.74) is 2.07. The predicted octanol–water partition coefficient (Wildman–Crippen LogP) is 3.77. The summed E-state index contributed by atoms with van der Waals surface area (Å²) in [4.78, 5) is 25.9. The molecule has 0 fully saturated rings. The van der Waals surface area contributed by atoms with Crippen LogP contribution in [0.1, 0.15) is 5.69 Å². The number of pyridine rings is 1. The minimum absolute atomic E-state index is 0.0566. The summed E-state index contributed by atoms with van der Waals surface area (Å²) in [6.45, 7) is 0. The number of aliphatic carboxylic acids is 1. The van der Waals surface area contributed by atoms with E-state index in [4.69, 9.17) is 5.11 Å². The fourth-order valence-electron chi connectivity index (χ4n) is 2.33. The van der Waals surface area contributed by atoms with Crippen molar-refractivity contribution >= 4 is 39.3 Å². The van der Waals surface area contributed by atoms with Gasteiger partial charge >= 0.3 is 5.97 Å². The number of fused-ring (bicyclic) bond motifs is 1. The lowest BCUT2D eigenvalue weighted by atomic mass is 10.1. The zero-order valence-corrected chi connectivity index (χ0v) is 13.7. The van der Waals surface area contributed by atoms with Crippen molar-refractivity contribution in [3.05, 3.63) is 69.0 Å². The van der Waals surface area contributed by atoms with Gasteiger partial charge in [-0.3, -0.25) is 14.5 Å². The second-order valence-corrected chi connectivity index (χ2v) is 5.82. The average Bonchev–Trinajstić information content (AvgIpc) is 2.90. The van der Waals surface area contributed by atoms with Crippen LogP contribution in [0.4, 0.5) is 5.69 Å². The van der Waals surface area contributed by atoms with E-state index in [1.54, 1.807) is 28.8 Å². The summed E-state index contributed by atoms with van der Waals surface area (Å²) in [6, 6.07) is 9.64. The highest BCUT2D eigenvalue weighted by atomic mass is 79.9. The Hall–Kier alpha value is -3.00. The van der Waals surface area contributed by atoms with Gasteiger partial charge in [-0.15, -0.1) is 0 Å². The summed E-state index contributed by atoms with van der Waals surface area (Å²) in [5, 5.41) is 19.9. The lowest BCUT2D eigenvalue weighted by molar-refractivity contribution is -0.384. The minimum Gasteiger partial charge on any atom is -0.478 e. The number of halogens is 1. The summed E-state index contributed by atoms with van der Waals surface area (Å²) >= 11 is 3.36. The molecule has 120 valence electrons. The van der Waals surface area contributed by atoms with Gasteiger partial charge in [-0.2, -0.15) is 0 Å². The van der Waals surface area contributed by atoms with Crippen LogP contribution in [0.2, 0.25) is 0 Å². The van der Waals surface area contributed by atoms with Gasteiger partial charge in [0.1, 0.15) is 5.65 Å². The van der Waals surface area contributed by atoms with Crippen LogP contribution in [0.3, 0.4) is 0 Å². The highest BCUT2D eigenvalue weighted by Gasteiger charge is 2.15. The third-order valence-electron chi connectivity index (χ3n) is 3.33. The number of carboxylic acids is 1. The second kappa shape index (κ2) is 6.25. The number of nitrogens with zero attached hydrogens (tertiary/aromatic N) is 3. The molecule has 2 aromatic heterocycles. The van der Waals surface area contributed by atoms with E-state index >= 15 is 0 Å². The number of carboxylic acid groups (broad SMARTS) is 1. The van der Waals surface area contributed by atoms with Gasteiger partial charge in [0.15, 0.2) is 0 Å². The van der Waals surface area contributed by atoms with E-state index in [1.807, 2.05) is 6.07 Å². The first-order valence-corrected chi connectivity index (χ1v) is 7.58. The topological polar surface area (TPSA) is 97.7 Å². The SMILES string of the molecule is O=C(O)C=Cc1c(-c2cccc([N+](=O)[O-])c2)nc2ccc(Br)cn12. The van der Waals surface area contributed by atoms with E-state index in [0.29, 0.717) is 22.6 Å². The molecule has 0 unspecified atom stereocenters. The van der Waals surface area contributed by atoms with Crippen LogP contribution in [-0.4, -0.2) is 25.4 Å². The Kier molecular flexibility index (Phi) is 4.13. The first kappa shape index (κ1) is 15.9. The Morgan fingerprint density at radius 1 is 1.33 bits per heavy atom. The molecule has 24 heavy (non-hydrogen) atoms. The monoisotopic (exact) mass is 387 g/mol. The normalized spacial score (nSPS) is 11.2. The van der Waals surface area contributed by atoms with Gasteiger partial charge in [0.25, 0.3) is 5.69 Å². The molecule has 2 heterocycles. The summed E-state index contributed by atoms with van der Waals surface area (Å²) < 4.78 is 2.51. The minimum atomic E-state index is -1.09. The number of hydrogen-bond acceptors (Lipinski definition) is 4. The molecule has 0 saturated heterocycles. The smallest absolute Gasteiger partial charge is 0.328 e. The molecule has 7 nitrogen and oxygen atoms in total. The number of rotatable bonds is 4. The van der Waals surface area contributed by atoms with Crippen LogP contribution in [0.25, 0.3) is 23.0 Å². The van der Waals surface area contributed by atoms with E-state index < -0.39 is 10.9 Å². The summed E-state index contributed by atoms with van der Waals surface area (Å²) in [6.07, 6.45) is 4.18. The van der Waals surface area contributed by atoms with Gasteiger partial charge in [0, 0.05) is 34.4 Å². The third kappa shape index (κ3) is 3.04. The highest BCUT2D eigenvalue weighted by molar-refractivity contribution is 9.10. The van der Waals surface area contributed by atoms with Crippen molar-refractivity contribution in [2.75, 3.05) is 0 Å². The number of imidazole rings is 1. The Morgan fingerprint density at radius 2 is 2.12 bits per heavy atom. The van der Waals surface area contributed by atoms with Crippen molar-refractivity contribution in [1.82, 2.24) is 9.38 Å². The molecule has 3 rings (SSSR count). The molecule has 0 bridgehead atoms. The number of non-ortho nitro benzene ring substituents is 1. The number of nitro groups is 1. The largest absolute Gasteiger partial charge is 0.478 e. The van der Waals surface area contributed by atoms with E-state index in [9.17, 15) is 14.9 Å². The quantitative estimate of drug-likeness (QED) is 0.417. The Morgan fingerprint density at radius 3 is 2.83 bits per heavy atom. The molecular weight excluding hydrogens is 378 g/mol. The zero-order valence-electron chi connectivity index (χ0n) is 12.1. The van der Waals surface area contributed by atoms with Crippen molar-refractivity contribution < 1.29 is 14.8 Å². The number of carbonyl (C=O) groups is 1. The maximum atomic E-state index is 11.0. The first-order valence-electron chi connectivity index (χ1n) is 6.79. The molecule has 0 aliphatic carbocycles.